The van der Waals surface area contributed by atoms with Crippen LogP contribution in [-0.2, 0) is 6.42 Å². The summed E-state index contributed by atoms with van der Waals surface area (Å²) in [5.41, 5.74) is 0. The highest BCUT2D eigenvalue weighted by Crippen LogP contribution is 2.14. The second kappa shape index (κ2) is 4.57. The predicted octanol–water partition coefficient (Wildman–Crippen LogP) is 0.550. The van der Waals surface area contributed by atoms with Crippen LogP contribution in [0.25, 0.3) is 5.78 Å². The van der Waals surface area contributed by atoms with Crippen molar-refractivity contribution in [1.82, 2.24) is 34.8 Å². The third-order valence-electron chi connectivity index (χ3n) is 2.35. The van der Waals surface area contributed by atoms with E-state index in [-0.39, 0.29) is 0 Å². The van der Waals surface area contributed by atoms with Crippen LogP contribution < -0.4 is 5.32 Å². The average molecular weight is 265 g/mol. The van der Waals surface area contributed by atoms with E-state index in [1.165, 1.54) is 12.7 Å². The van der Waals surface area contributed by atoms with Crippen molar-refractivity contribution in [3.05, 3.63) is 29.7 Å². The number of nitrogens with one attached hydrogen (secondary N) is 2. The quantitative estimate of drug-likeness (QED) is 0.668. The first-order chi connectivity index (χ1) is 8.83. The van der Waals surface area contributed by atoms with E-state index in [0.717, 1.165) is 18.1 Å². The van der Waals surface area contributed by atoms with Gasteiger partial charge in [-0.3, -0.25) is 5.10 Å². The monoisotopic (exact) mass is 264 g/mol. The molecule has 3 heterocycles. The molecule has 0 atom stereocenters. The fourth-order valence-electron chi connectivity index (χ4n) is 1.57. The highest BCUT2D eigenvalue weighted by molar-refractivity contribution is 6.29. The molecule has 9 heteroatoms. The van der Waals surface area contributed by atoms with Crippen LogP contribution in [0.1, 0.15) is 5.82 Å². The summed E-state index contributed by atoms with van der Waals surface area (Å²) in [4.78, 5) is 12.1. The maximum Gasteiger partial charge on any atom is 0.255 e. The molecule has 0 aliphatic rings. The van der Waals surface area contributed by atoms with Gasteiger partial charge in [0.1, 0.15) is 29.5 Å². The van der Waals surface area contributed by atoms with Gasteiger partial charge in [0.05, 0.1) is 0 Å². The number of H-pyrrole nitrogens is 1. The predicted molar refractivity (Wildman–Crippen MR) is 64.4 cm³/mol. The molecule has 0 saturated heterocycles. The van der Waals surface area contributed by atoms with Crippen LogP contribution in [0.5, 0.6) is 0 Å². The summed E-state index contributed by atoms with van der Waals surface area (Å²) in [5, 5.41) is 14.2. The molecule has 0 bridgehead atoms. The molecule has 3 rings (SSSR count). The number of aromatic amines is 1. The van der Waals surface area contributed by atoms with Crippen molar-refractivity contribution in [2.75, 3.05) is 11.9 Å². The van der Waals surface area contributed by atoms with E-state index in [2.05, 4.69) is 35.6 Å². The minimum atomic E-state index is 0.373. The summed E-state index contributed by atoms with van der Waals surface area (Å²) in [6.45, 7) is 0.671. The molecule has 0 aliphatic heterocycles. The smallest absolute Gasteiger partial charge is 0.255 e. The van der Waals surface area contributed by atoms with Gasteiger partial charge in [0.25, 0.3) is 5.78 Å². The number of hydrogen-bond donors (Lipinski definition) is 2. The van der Waals surface area contributed by atoms with Gasteiger partial charge in [-0.1, -0.05) is 11.6 Å². The molecule has 18 heavy (non-hydrogen) atoms. The summed E-state index contributed by atoms with van der Waals surface area (Å²) in [6, 6.07) is 1.70. The molecule has 2 N–H and O–H groups in total. The van der Waals surface area contributed by atoms with Gasteiger partial charge in [-0.2, -0.15) is 24.7 Å². The second-order valence-electron chi connectivity index (χ2n) is 3.54. The average Bonchev–Trinajstić information content (AvgIpc) is 2.98. The lowest BCUT2D eigenvalue weighted by atomic mass is 10.4. The molecule has 0 fully saturated rings. The SMILES string of the molecule is Clc1cc(NCCc2ncn[nH]2)n2ncnc2n1. The zero-order chi connectivity index (χ0) is 12.4. The Labute approximate surface area is 106 Å². The van der Waals surface area contributed by atoms with Gasteiger partial charge in [-0.25, -0.2) is 4.98 Å². The Bertz CT molecular complexity index is 646. The van der Waals surface area contributed by atoms with E-state index < -0.39 is 0 Å². The van der Waals surface area contributed by atoms with Crippen LogP contribution >= 0.6 is 11.6 Å². The molecular formula is C9H9ClN8. The molecule has 8 nitrogen and oxygen atoms in total. The molecule has 0 spiro atoms. The number of nitrogens with zero attached hydrogens (tertiary/aromatic N) is 6. The van der Waals surface area contributed by atoms with Crippen molar-refractivity contribution in [1.29, 1.82) is 0 Å². The Morgan fingerprint density at radius 1 is 1.33 bits per heavy atom. The molecule has 3 aromatic rings. The van der Waals surface area contributed by atoms with Gasteiger partial charge in [0.15, 0.2) is 0 Å². The van der Waals surface area contributed by atoms with Gasteiger partial charge in [-0.05, 0) is 0 Å². The minimum absolute atomic E-state index is 0.373. The lowest BCUT2D eigenvalue weighted by Gasteiger charge is -2.06. The molecule has 0 saturated carbocycles. The molecule has 0 amide bonds. The minimum Gasteiger partial charge on any atom is -0.369 e. The summed E-state index contributed by atoms with van der Waals surface area (Å²) in [5.74, 6) is 2.02. The Balaban J connectivity index is 1.75. The Morgan fingerprint density at radius 3 is 3.11 bits per heavy atom. The van der Waals surface area contributed by atoms with E-state index in [1.54, 1.807) is 10.6 Å². The Hall–Kier alpha value is -2.22. The summed E-state index contributed by atoms with van der Waals surface area (Å²) in [7, 11) is 0. The highest BCUT2D eigenvalue weighted by Gasteiger charge is 2.06. The van der Waals surface area contributed by atoms with Crippen molar-refractivity contribution < 1.29 is 0 Å². The van der Waals surface area contributed by atoms with Gasteiger partial charge < -0.3 is 5.32 Å². The molecule has 3 aromatic heterocycles. The van der Waals surface area contributed by atoms with Crippen LogP contribution in [0.3, 0.4) is 0 Å². The molecule has 92 valence electrons. The number of fused-ring (bicyclic) bond motifs is 1. The van der Waals surface area contributed by atoms with Gasteiger partial charge >= 0.3 is 0 Å². The first kappa shape index (κ1) is 10.9. The van der Waals surface area contributed by atoms with Crippen molar-refractivity contribution in [3.8, 4) is 0 Å². The first-order valence-corrected chi connectivity index (χ1v) is 5.65. The first-order valence-electron chi connectivity index (χ1n) is 5.27. The molecule has 0 aromatic carbocycles. The Kier molecular flexibility index (Phi) is 2.77. The summed E-state index contributed by atoms with van der Waals surface area (Å²) >= 11 is 5.90. The van der Waals surface area contributed by atoms with Crippen LogP contribution in [0.15, 0.2) is 18.7 Å². The van der Waals surface area contributed by atoms with Crippen molar-refractivity contribution >= 4 is 23.2 Å². The maximum atomic E-state index is 5.90. The fourth-order valence-corrected chi connectivity index (χ4v) is 1.75. The zero-order valence-electron chi connectivity index (χ0n) is 9.21. The third kappa shape index (κ3) is 2.09. The highest BCUT2D eigenvalue weighted by atomic mass is 35.5. The summed E-state index contributed by atoms with van der Waals surface area (Å²) < 4.78 is 1.59. The van der Waals surface area contributed by atoms with E-state index in [9.17, 15) is 0 Å². The van der Waals surface area contributed by atoms with Crippen LogP contribution in [0.4, 0.5) is 5.82 Å². The normalized spacial score (nSPS) is 10.9. The van der Waals surface area contributed by atoms with E-state index in [0.29, 0.717) is 17.5 Å². The molecule has 0 aliphatic carbocycles. The maximum absolute atomic E-state index is 5.90. The number of halogens is 1. The van der Waals surface area contributed by atoms with Crippen molar-refractivity contribution in [2.45, 2.75) is 6.42 Å². The molecule has 0 unspecified atom stereocenters. The molecule has 0 radical (unpaired) electrons. The van der Waals surface area contributed by atoms with Crippen LogP contribution in [0, 0.1) is 0 Å². The lowest BCUT2D eigenvalue weighted by molar-refractivity contribution is 0.874. The fraction of sp³-hybridized carbons (Fsp3) is 0.222. The largest absolute Gasteiger partial charge is 0.369 e. The van der Waals surface area contributed by atoms with E-state index in [1.807, 2.05) is 0 Å². The van der Waals surface area contributed by atoms with Crippen molar-refractivity contribution in [2.24, 2.45) is 0 Å². The van der Waals surface area contributed by atoms with Crippen LogP contribution in [0.2, 0.25) is 5.15 Å². The van der Waals surface area contributed by atoms with Gasteiger partial charge in [0.2, 0.25) is 0 Å². The Morgan fingerprint density at radius 2 is 2.28 bits per heavy atom. The van der Waals surface area contributed by atoms with Crippen LogP contribution in [-0.4, -0.2) is 41.3 Å². The van der Waals surface area contributed by atoms with Crippen molar-refractivity contribution in [3.63, 3.8) is 0 Å². The zero-order valence-corrected chi connectivity index (χ0v) is 9.96. The van der Waals surface area contributed by atoms with E-state index >= 15 is 0 Å². The molecular weight excluding hydrogens is 256 g/mol. The number of anilines is 1. The number of hydrogen-bond acceptors (Lipinski definition) is 6. The standard InChI is InChI=1S/C9H9ClN8/c10-6-3-8(18-9(16-6)13-5-15-18)11-2-1-7-12-4-14-17-7/h3-5,11H,1-2H2,(H,12,14,17). The van der Waals surface area contributed by atoms with Gasteiger partial charge in [-0.15, -0.1) is 0 Å². The number of aromatic nitrogens is 7. The van der Waals surface area contributed by atoms with Gasteiger partial charge in [0, 0.05) is 19.0 Å². The van der Waals surface area contributed by atoms with E-state index in [4.69, 9.17) is 11.6 Å². The lowest BCUT2D eigenvalue weighted by Crippen LogP contribution is -2.10. The third-order valence-corrected chi connectivity index (χ3v) is 2.55. The number of rotatable bonds is 4. The summed E-state index contributed by atoms with van der Waals surface area (Å²) in [6.07, 6.45) is 3.63. The second-order valence-corrected chi connectivity index (χ2v) is 3.93. The topological polar surface area (TPSA) is 96.7 Å².